The summed E-state index contributed by atoms with van der Waals surface area (Å²) in [6.07, 6.45) is 0. The first-order chi connectivity index (χ1) is 17.7. The van der Waals surface area contributed by atoms with Crippen LogP contribution in [0.25, 0.3) is 0 Å². The van der Waals surface area contributed by atoms with Crippen molar-refractivity contribution >= 4 is 34.1 Å². The highest BCUT2D eigenvalue weighted by atomic mass is 16.5. The van der Waals surface area contributed by atoms with Gasteiger partial charge in [0.15, 0.2) is 23.0 Å². The molecule has 4 heteroatoms. The van der Waals surface area contributed by atoms with Gasteiger partial charge >= 0.3 is 0 Å². The summed E-state index contributed by atoms with van der Waals surface area (Å²) in [7, 11) is 0. The van der Waals surface area contributed by atoms with Crippen molar-refractivity contribution in [3.05, 3.63) is 120 Å². The van der Waals surface area contributed by atoms with E-state index in [1.807, 2.05) is 36.4 Å². The van der Waals surface area contributed by atoms with Crippen LogP contribution in [-0.4, -0.2) is 0 Å². The Morgan fingerprint density at radius 1 is 0.417 bits per heavy atom. The molecule has 0 atom stereocenters. The molecule has 0 amide bonds. The molecule has 5 aromatic carbocycles. The molecule has 2 aliphatic heterocycles. The molecule has 36 heavy (non-hydrogen) atoms. The summed E-state index contributed by atoms with van der Waals surface area (Å²) in [6.45, 7) is 4.17. The third-order valence-electron chi connectivity index (χ3n) is 6.73. The van der Waals surface area contributed by atoms with E-state index in [0.717, 1.165) is 57.1 Å². The van der Waals surface area contributed by atoms with Gasteiger partial charge in [-0.2, -0.15) is 0 Å². The lowest BCUT2D eigenvalue weighted by molar-refractivity contribution is 0.476. The first-order valence-corrected chi connectivity index (χ1v) is 12.1. The zero-order valence-electron chi connectivity index (χ0n) is 20.1. The van der Waals surface area contributed by atoms with Crippen molar-refractivity contribution < 1.29 is 9.47 Å². The summed E-state index contributed by atoms with van der Waals surface area (Å²) < 4.78 is 12.5. The van der Waals surface area contributed by atoms with Gasteiger partial charge in [0.05, 0.1) is 22.7 Å². The van der Waals surface area contributed by atoms with E-state index < -0.39 is 0 Å². The number of hydrogen-bond donors (Lipinski definition) is 0. The van der Waals surface area contributed by atoms with E-state index in [-0.39, 0.29) is 0 Å². The quantitative estimate of drug-likeness (QED) is 0.252. The van der Waals surface area contributed by atoms with Crippen molar-refractivity contribution in [1.29, 1.82) is 0 Å². The Hall–Kier alpha value is -4.70. The van der Waals surface area contributed by atoms with Crippen molar-refractivity contribution in [1.82, 2.24) is 0 Å². The molecule has 5 aromatic rings. The predicted molar refractivity (Wildman–Crippen MR) is 145 cm³/mol. The van der Waals surface area contributed by atoms with Crippen molar-refractivity contribution in [3.8, 4) is 23.0 Å². The van der Waals surface area contributed by atoms with Crippen LogP contribution in [-0.2, 0) is 0 Å². The number of ether oxygens (including phenoxy) is 2. The maximum absolute atomic E-state index is 6.25. The SMILES string of the molecule is Cc1ccc2c(c1)Oc1ccccc1N2c1ccc(N2c3ccccc3Oc3cc(C)ccc32)cc1. The molecule has 0 saturated carbocycles. The summed E-state index contributed by atoms with van der Waals surface area (Å²) in [5.41, 5.74) is 8.61. The molecule has 0 spiro atoms. The van der Waals surface area contributed by atoms with Crippen LogP contribution >= 0.6 is 0 Å². The van der Waals surface area contributed by atoms with Crippen LogP contribution in [0.5, 0.6) is 23.0 Å². The number of nitrogens with zero attached hydrogens (tertiary/aromatic N) is 2. The van der Waals surface area contributed by atoms with Gasteiger partial charge < -0.3 is 19.3 Å². The topological polar surface area (TPSA) is 24.9 Å². The highest BCUT2D eigenvalue weighted by molar-refractivity contribution is 5.89. The number of anilines is 6. The minimum Gasteiger partial charge on any atom is -0.453 e. The van der Waals surface area contributed by atoms with Gasteiger partial charge in [0.1, 0.15) is 0 Å². The van der Waals surface area contributed by atoms with Crippen molar-refractivity contribution in [2.45, 2.75) is 13.8 Å². The van der Waals surface area contributed by atoms with E-state index in [4.69, 9.17) is 9.47 Å². The maximum Gasteiger partial charge on any atom is 0.151 e. The molecule has 0 aromatic heterocycles. The van der Waals surface area contributed by atoms with E-state index >= 15 is 0 Å². The molecule has 0 unspecified atom stereocenters. The average molecular weight is 469 g/mol. The largest absolute Gasteiger partial charge is 0.453 e. The fraction of sp³-hybridized carbons (Fsp3) is 0.0625. The zero-order chi connectivity index (χ0) is 24.2. The molecule has 0 bridgehead atoms. The summed E-state index contributed by atoms with van der Waals surface area (Å²) in [5, 5.41) is 0. The fourth-order valence-electron chi connectivity index (χ4n) is 5.04. The fourth-order valence-corrected chi connectivity index (χ4v) is 5.04. The van der Waals surface area contributed by atoms with Crippen molar-refractivity contribution in [3.63, 3.8) is 0 Å². The molecule has 2 aliphatic rings. The monoisotopic (exact) mass is 468 g/mol. The molecular weight excluding hydrogens is 444 g/mol. The van der Waals surface area contributed by atoms with E-state index in [9.17, 15) is 0 Å². The van der Waals surface area contributed by atoms with Crippen LogP contribution < -0.4 is 19.3 Å². The summed E-state index contributed by atoms with van der Waals surface area (Å²) in [4.78, 5) is 4.53. The maximum atomic E-state index is 6.25. The third-order valence-corrected chi connectivity index (χ3v) is 6.73. The molecular formula is C32H24N2O2. The van der Waals surface area contributed by atoms with E-state index in [1.165, 1.54) is 11.1 Å². The number of hydrogen-bond acceptors (Lipinski definition) is 4. The number of fused-ring (bicyclic) bond motifs is 4. The van der Waals surface area contributed by atoms with Crippen molar-refractivity contribution in [2.24, 2.45) is 0 Å². The van der Waals surface area contributed by atoms with Crippen LogP contribution in [0.4, 0.5) is 34.1 Å². The second-order valence-corrected chi connectivity index (χ2v) is 9.27. The minimum atomic E-state index is 0.853. The summed E-state index contributed by atoms with van der Waals surface area (Å²) in [6, 6.07) is 37.7. The van der Waals surface area contributed by atoms with Gasteiger partial charge in [0.25, 0.3) is 0 Å². The molecule has 2 heterocycles. The Morgan fingerprint density at radius 3 is 1.25 bits per heavy atom. The molecule has 7 rings (SSSR count). The van der Waals surface area contributed by atoms with Gasteiger partial charge in [-0.15, -0.1) is 0 Å². The smallest absolute Gasteiger partial charge is 0.151 e. The average Bonchev–Trinajstić information content (AvgIpc) is 2.90. The van der Waals surface area contributed by atoms with Crippen LogP contribution in [0.2, 0.25) is 0 Å². The minimum absolute atomic E-state index is 0.853. The van der Waals surface area contributed by atoms with E-state index in [0.29, 0.717) is 0 Å². The molecule has 0 radical (unpaired) electrons. The first kappa shape index (κ1) is 20.7. The Balaban J connectivity index is 1.34. The Morgan fingerprint density at radius 2 is 0.806 bits per heavy atom. The molecule has 0 saturated heterocycles. The van der Waals surface area contributed by atoms with Gasteiger partial charge in [-0.3, -0.25) is 0 Å². The zero-order valence-corrected chi connectivity index (χ0v) is 20.1. The van der Waals surface area contributed by atoms with Gasteiger partial charge in [-0.25, -0.2) is 0 Å². The predicted octanol–water partition coefficient (Wildman–Crippen LogP) is 9.45. The summed E-state index contributed by atoms with van der Waals surface area (Å²) in [5.74, 6) is 3.44. The van der Waals surface area contributed by atoms with Crippen LogP contribution in [0.3, 0.4) is 0 Å². The number of rotatable bonds is 2. The number of aryl methyl sites for hydroxylation is 2. The molecule has 0 N–H and O–H groups in total. The number of para-hydroxylation sites is 4. The van der Waals surface area contributed by atoms with Crippen LogP contribution in [0.1, 0.15) is 11.1 Å². The van der Waals surface area contributed by atoms with Crippen LogP contribution in [0, 0.1) is 13.8 Å². The van der Waals surface area contributed by atoms with Gasteiger partial charge in [-0.1, -0.05) is 36.4 Å². The third kappa shape index (κ3) is 3.23. The van der Waals surface area contributed by atoms with Crippen molar-refractivity contribution in [2.75, 3.05) is 9.80 Å². The Labute approximate surface area is 210 Å². The van der Waals surface area contributed by atoms with E-state index in [2.05, 4.69) is 96.4 Å². The normalized spacial score (nSPS) is 13.1. The summed E-state index contributed by atoms with van der Waals surface area (Å²) >= 11 is 0. The Bertz CT molecular complexity index is 1500. The van der Waals surface area contributed by atoms with Gasteiger partial charge in [-0.05, 0) is 97.8 Å². The van der Waals surface area contributed by atoms with E-state index in [1.54, 1.807) is 0 Å². The lowest BCUT2D eigenvalue weighted by atomic mass is 10.1. The number of benzene rings is 5. The van der Waals surface area contributed by atoms with Gasteiger partial charge in [0.2, 0.25) is 0 Å². The standard InChI is InChI=1S/C32H24N2O2/c1-21-11-17-27-31(19-21)35-29-9-5-3-7-25(29)33(27)23-13-15-24(16-14-23)34-26-8-4-6-10-30(26)36-32-20-22(2)12-18-28(32)34/h3-20H,1-2H3. The Kier molecular flexibility index (Phi) is 4.55. The second-order valence-electron chi connectivity index (χ2n) is 9.27. The molecule has 174 valence electrons. The van der Waals surface area contributed by atoms with Gasteiger partial charge in [0, 0.05) is 11.4 Å². The molecule has 4 nitrogen and oxygen atoms in total. The highest BCUT2D eigenvalue weighted by Crippen LogP contribution is 2.53. The lowest BCUT2D eigenvalue weighted by Crippen LogP contribution is -2.17. The molecule has 0 fully saturated rings. The highest BCUT2D eigenvalue weighted by Gasteiger charge is 2.28. The second kappa shape index (κ2) is 7.92. The van der Waals surface area contributed by atoms with Crippen LogP contribution in [0.15, 0.2) is 109 Å². The lowest BCUT2D eigenvalue weighted by Gasteiger charge is -2.34. The first-order valence-electron chi connectivity index (χ1n) is 12.1. The molecule has 0 aliphatic carbocycles.